The molecule has 2 fully saturated rings. The summed E-state index contributed by atoms with van der Waals surface area (Å²) in [6, 6.07) is 9.42. The molecule has 1 aliphatic heterocycles. The first-order valence-corrected chi connectivity index (χ1v) is 8.34. The maximum absolute atomic E-state index is 6.23. The molecule has 0 bridgehead atoms. The Balaban J connectivity index is 1.49. The van der Waals surface area contributed by atoms with Crippen molar-refractivity contribution in [3.05, 3.63) is 34.9 Å². The summed E-state index contributed by atoms with van der Waals surface area (Å²) < 4.78 is 0. The van der Waals surface area contributed by atoms with E-state index in [0.29, 0.717) is 12.1 Å². The van der Waals surface area contributed by atoms with Crippen LogP contribution in [-0.2, 0) is 6.42 Å². The van der Waals surface area contributed by atoms with Gasteiger partial charge >= 0.3 is 0 Å². The van der Waals surface area contributed by atoms with Crippen molar-refractivity contribution in [3.63, 3.8) is 0 Å². The lowest BCUT2D eigenvalue weighted by molar-refractivity contribution is 0.125. The fourth-order valence-corrected chi connectivity index (χ4v) is 3.99. The number of piperidine rings is 1. The Morgan fingerprint density at radius 3 is 2.35 bits per heavy atom. The minimum Gasteiger partial charge on any atom is -0.326 e. The van der Waals surface area contributed by atoms with Crippen molar-refractivity contribution in [3.8, 4) is 0 Å². The first-order valence-electron chi connectivity index (χ1n) is 7.96. The molecule has 0 aromatic heterocycles. The Bertz CT molecular complexity index is 423. The SMILES string of the molecule is N[C@@H]1CCCC1N1CCC(Cc2ccc(Cl)cc2)CC1. The summed E-state index contributed by atoms with van der Waals surface area (Å²) in [7, 11) is 0. The highest BCUT2D eigenvalue weighted by Gasteiger charge is 2.31. The van der Waals surface area contributed by atoms with Crippen LogP contribution in [0.1, 0.15) is 37.7 Å². The van der Waals surface area contributed by atoms with E-state index in [0.717, 1.165) is 10.9 Å². The molecule has 0 amide bonds. The van der Waals surface area contributed by atoms with Crippen LogP contribution in [0.25, 0.3) is 0 Å². The van der Waals surface area contributed by atoms with Gasteiger partial charge in [0.1, 0.15) is 0 Å². The summed E-state index contributed by atoms with van der Waals surface area (Å²) >= 11 is 5.94. The van der Waals surface area contributed by atoms with E-state index < -0.39 is 0 Å². The van der Waals surface area contributed by atoms with Crippen molar-refractivity contribution < 1.29 is 0 Å². The van der Waals surface area contributed by atoms with Gasteiger partial charge in [-0.05, 0) is 68.8 Å². The summed E-state index contributed by atoms with van der Waals surface area (Å²) in [4.78, 5) is 2.65. The highest BCUT2D eigenvalue weighted by molar-refractivity contribution is 6.30. The largest absolute Gasteiger partial charge is 0.326 e. The normalized spacial score (nSPS) is 28.9. The highest BCUT2D eigenvalue weighted by atomic mass is 35.5. The summed E-state index contributed by atoms with van der Waals surface area (Å²) in [6.45, 7) is 2.47. The quantitative estimate of drug-likeness (QED) is 0.924. The summed E-state index contributed by atoms with van der Waals surface area (Å²) in [5.41, 5.74) is 7.65. The average Bonchev–Trinajstić information content (AvgIpc) is 2.89. The van der Waals surface area contributed by atoms with Crippen molar-refractivity contribution in [2.24, 2.45) is 11.7 Å². The zero-order valence-corrected chi connectivity index (χ0v) is 12.9. The molecule has 1 saturated heterocycles. The molecular formula is C17H25ClN2. The molecule has 3 rings (SSSR count). The van der Waals surface area contributed by atoms with Crippen LogP contribution in [0.2, 0.25) is 5.02 Å². The van der Waals surface area contributed by atoms with Gasteiger partial charge in [-0.2, -0.15) is 0 Å². The van der Waals surface area contributed by atoms with Gasteiger partial charge in [-0.3, -0.25) is 4.90 Å². The maximum Gasteiger partial charge on any atom is 0.0406 e. The van der Waals surface area contributed by atoms with Crippen LogP contribution >= 0.6 is 11.6 Å². The van der Waals surface area contributed by atoms with Gasteiger partial charge in [0.2, 0.25) is 0 Å². The van der Waals surface area contributed by atoms with E-state index in [2.05, 4.69) is 17.0 Å². The summed E-state index contributed by atoms with van der Waals surface area (Å²) in [5.74, 6) is 0.824. The highest BCUT2D eigenvalue weighted by Crippen LogP contribution is 2.28. The fraction of sp³-hybridized carbons (Fsp3) is 0.647. The lowest BCUT2D eigenvalue weighted by atomic mass is 9.89. The van der Waals surface area contributed by atoms with Crippen LogP contribution in [0.15, 0.2) is 24.3 Å². The van der Waals surface area contributed by atoms with Crippen LogP contribution in [0, 0.1) is 5.92 Å². The van der Waals surface area contributed by atoms with Crippen LogP contribution in [-0.4, -0.2) is 30.1 Å². The second-order valence-electron chi connectivity index (χ2n) is 6.47. The van der Waals surface area contributed by atoms with Crippen molar-refractivity contribution in [1.29, 1.82) is 0 Å². The van der Waals surface area contributed by atoms with Crippen molar-refractivity contribution >= 4 is 11.6 Å². The van der Waals surface area contributed by atoms with Crippen LogP contribution in [0.5, 0.6) is 0 Å². The minimum atomic E-state index is 0.419. The Hall–Kier alpha value is -0.570. The number of benzene rings is 1. The number of likely N-dealkylation sites (tertiary alicyclic amines) is 1. The molecule has 1 heterocycles. The number of hydrogen-bond acceptors (Lipinski definition) is 2. The zero-order chi connectivity index (χ0) is 13.9. The molecule has 110 valence electrons. The molecule has 1 aromatic rings. The Morgan fingerprint density at radius 1 is 1.05 bits per heavy atom. The Labute approximate surface area is 127 Å². The molecule has 2 N–H and O–H groups in total. The van der Waals surface area contributed by atoms with E-state index in [-0.39, 0.29) is 0 Å². The Kier molecular flexibility index (Phi) is 4.65. The number of rotatable bonds is 3. The van der Waals surface area contributed by atoms with E-state index in [1.165, 1.54) is 57.2 Å². The summed E-state index contributed by atoms with van der Waals surface area (Å²) in [5, 5.41) is 0.832. The van der Waals surface area contributed by atoms with Gasteiger partial charge in [0.05, 0.1) is 0 Å². The standard InChI is InChI=1S/C17H25ClN2/c18-15-6-4-13(5-7-15)12-14-8-10-20(11-9-14)17-3-1-2-16(17)19/h4-7,14,16-17H,1-3,8-12,19H2/t16-,17?/m1/s1. The second-order valence-corrected chi connectivity index (χ2v) is 6.91. The molecule has 1 unspecified atom stereocenters. The average molecular weight is 293 g/mol. The van der Waals surface area contributed by atoms with Gasteiger partial charge in [-0.25, -0.2) is 0 Å². The summed E-state index contributed by atoms with van der Waals surface area (Å²) in [6.07, 6.45) is 7.66. The first kappa shape index (κ1) is 14.4. The molecule has 1 aromatic carbocycles. The number of nitrogens with two attached hydrogens (primary N) is 1. The minimum absolute atomic E-state index is 0.419. The third-order valence-corrected chi connectivity index (χ3v) is 5.34. The molecule has 2 nitrogen and oxygen atoms in total. The molecular weight excluding hydrogens is 268 g/mol. The number of nitrogens with zero attached hydrogens (tertiary/aromatic N) is 1. The van der Waals surface area contributed by atoms with Gasteiger partial charge in [-0.15, -0.1) is 0 Å². The molecule has 2 aliphatic rings. The van der Waals surface area contributed by atoms with Gasteiger partial charge in [-0.1, -0.05) is 30.2 Å². The maximum atomic E-state index is 6.23. The third-order valence-electron chi connectivity index (χ3n) is 5.09. The topological polar surface area (TPSA) is 29.3 Å². The van der Waals surface area contributed by atoms with Crippen molar-refractivity contribution in [1.82, 2.24) is 4.90 Å². The van der Waals surface area contributed by atoms with E-state index in [1.807, 2.05) is 12.1 Å². The predicted molar refractivity (Wildman–Crippen MR) is 85.1 cm³/mol. The molecule has 20 heavy (non-hydrogen) atoms. The second kappa shape index (κ2) is 6.46. The van der Waals surface area contributed by atoms with E-state index in [9.17, 15) is 0 Å². The van der Waals surface area contributed by atoms with Crippen LogP contribution in [0.4, 0.5) is 0 Å². The van der Waals surface area contributed by atoms with Gasteiger partial charge < -0.3 is 5.73 Å². The van der Waals surface area contributed by atoms with Crippen molar-refractivity contribution in [2.45, 2.75) is 50.6 Å². The smallest absolute Gasteiger partial charge is 0.0406 e. The molecule has 0 spiro atoms. The molecule has 2 atom stereocenters. The zero-order valence-electron chi connectivity index (χ0n) is 12.1. The molecule has 0 radical (unpaired) electrons. The van der Waals surface area contributed by atoms with E-state index in [4.69, 9.17) is 17.3 Å². The first-order chi connectivity index (χ1) is 9.72. The molecule has 1 aliphatic carbocycles. The van der Waals surface area contributed by atoms with Gasteiger partial charge in [0.25, 0.3) is 0 Å². The van der Waals surface area contributed by atoms with E-state index in [1.54, 1.807) is 0 Å². The lowest BCUT2D eigenvalue weighted by Gasteiger charge is -2.37. The molecule has 1 saturated carbocycles. The lowest BCUT2D eigenvalue weighted by Crippen LogP contribution is -2.48. The fourth-order valence-electron chi connectivity index (χ4n) is 3.87. The van der Waals surface area contributed by atoms with Crippen LogP contribution in [0.3, 0.4) is 0 Å². The van der Waals surface area contributed by atoms with Crippen molar-refractivity contribution in [2.75, 3.05) is 13.1 Å². The van der Waals surface area contributed by atoms with Crippen LogP contribution < -0.4 is 5.73 Å². The monoisotopic (exact) mass is 292 g/mol. The number of hydrogen-bond donors (Lipinski definition) is 1. The molecule has 3 heteroatoms. The van der Waals surface area contributed by atoms with Gasteiger partial charge in [0.15, 0.2) is 0 Å². The Morgan fingerprint density at radius 2 is 1.75 bits per heavy atom. The number of halogens is 1. The van der Waals surface area contributed by atoms with E-state index >= 15 is 0 Å². The predicted octanol–water partition coefficient (Wildman–Crippen LogP) is 3.47. The third kappa shape index (κ3) is 3.36. The van der Waals surface area contributed by atoms with Gasteiger partial charge in [0, 0.05) is 17.1 Å².